The highest BCUT2D eigenvalue weighted by molar-refractivity contribution is 6.62. The average molecular weight is 217 g/mol. The summed E-state index contributed by atoms with van der Waals surface area (Å²) >= 11 is 5.50. The van der Waals surface area contributed by atoms with Gasteiger partial charge in [-0.3, -0.25) is 4.79 Å². The number of rotatable bonds is 0. The van der Waals surface area contributed by atoms with Crippen LogP contribution in [0.25, 0.3) is 0 Å². The second kappa shape index (κ2) is 4.07. The Labute approximate surface area is 90.0 Å². The van der Waals surface area contributed by atoms with Gasteiger partial charge in [0.15, 0.2) is 0 Å². The maximum atomic E-state index is 11.0. The monoisotopic (exact) mass is 216 g/mol. The van der Waals surface area contributed by atoms with Crippen molar-refractivity contribution in [2.75, 3.05) is 26.7 Å². The minimum Gasteiger partial charge on any atom is -0.329 e. The molecule has 14 heavy (non-hydrogen) atoms. The van der Waals surface area contributed by atoms with Crippen LogP contribution < -0.4 is 0 Å². The molecule has 3 nitrogen and oxygen atoms in total. The van der Waals surface area contributed by atoms with E-state index in [1.807, 2.05) is 0 Å². The van der Waals surface area contributed by atoms with E-state index < -0.39 is 0 Å². The lowest BCUT2D eigenvalue weighted by Crippen LogP contribution is -2.53. The fourth-order valence-corrected chi connectivity index (χ4v) is 2.97. The minimum absolute atomic E-state index is 0.281. The molecule has 0 spiro atoms. The van der Waals surface area contributed by atoms with E-state index in [1.54, 1.807) is 4.90 Å². The van der Waals surface area contributed by atoms with Gasteiger partial charge in [-0.2, -0.15) is 0 Å². The summed E-state index contributed by atoms with van der Waals surface area (Å²) in [4.78, 5) is 15.2. The number of likely N-dealkylation sites (tertiary alicyclic amines) is 2. The topological polar surface area (TPSA) is 23.6 Å². The van der Waals surface area contributed by atoms with Gasteiger partial charge in [-0.25, -0.2) is 0 Å². The zero-order valence-corrected chi connectivity index (χ0v) is 9.33. The molecule has 0 radical (unpaired) electrons. The first-order chi connectivity index (χ1) is 6.68. The summed E-state index contributed by atoms with van der Waals surface area (Å²) < 4.78 is 0. The summed E-state index contributed by atoms with van der Waals surface area (Å²) in [6, 6.07) is 0.677. The first kappa shape index (κ1) is 10.2. The van der Waals surface area contributed by atoms with Crippen LogP contribution in [0.4, 0.5) is 4.79 Å². The first-order valence-corrected chi connectivity index (χ1v) is 5.71. The van der Waals surface area contributed by atoms with Crippen LogP contribution in [0.15, 0.2) is 0 Å². The number of carbonyl (C=O) groups is 1. The van der Waals surface area contributed by atoms with Crippen LogP contribution in [0, 0.1) is 5.92 Å². The lowest BCUT2D eigenvalue weighted by Gasteiger charge is -2.45. The lowest BCUT2D eigenvalue weighted by molar-refractivity contribution is 0.0562. The Morgan fingerprint density at radius 3 is 2.86 bits per heavy atom. The second-order valence-electron chi connectivity index (χ2n) is 4.44. The third-order valence-corrected chi connectivity index (χ3v) is 3.83. The molecule has 2 unspecified atom stereocenters. The molecule has 2 aliphatic heterocycles. The molecule has 0 aromatic heterocycles. The predicted octanol–water partition coefficient (Wildman–Crippen LogP) is 1.76. The molecule has 2 saturated heterocycles. The number of hydrogen-bond donors (Lipinski definition) is 0. The molecule has 4 heteroatoms. The van der Waals surface area contributed by atoms with Gasteiger partial charge in [-0.05, 0) is 50.4 Å². The molecule has 0 aromatic rings. The van der Waals surface area contributed by atoms with Crippen molar-refractivity contribution in [1.82, 2.24) is 9.80 Å². The SMILES string of the molecule is CN1CCCC2CN(C(=O)Cl)CCC21. The number of nitrogens with zero attached hydrogens (tertiary/aromatic N) is 2. The molecule has 0 aromatic carbocycles. The number of carbonyl (C=O) groups excluding carboxylic acids is 1. The van der Waals surface area contributed by atoms with Gasteiger partial charge in [0.2, 0.25) is 0 Å². The molecule has 0 aliphatic carbocycles. The third-order valence-electron chi connectivity index (χ3n) is 3.59. The summed E-state index contributed by atoms with van der Waals surface area (Å²) in [5.74, 6) is 0.644. The third kappa shape index (κ3) is 1.89. The smallest absolute Gasteiger partial charge is 0.316 e. The van der Waals surface area contributed by atoms with Crippen molar-refractivity contribution in [3.05, 3.63) is 0 Å². The van der Waals surface area contributed by atoms with Crippen molar-refractivity contribution >= 4 is 17.0 Å². The number of piperidine rings is 2. The van der Waals surface area contributed by atoms with Gasteiger partial charge in [-0.1, -0.05) is 0 Å². The van der Waals surface area contributed by atoms with E-state index in [1.165, 1.54) is 19.4 Å². The molecule has 0 bridgehead atoms. The van der Waals surface area contributed by atoms with E-state index in [9.17, 15) is 4.79 Å². The predicted molar refractivity (Wildman–Crippen MR) is 56.6 cm³/mol. The van der Waals surface area contributed by atoms with E-state index in [2.05, 4.69) is 11.9 Å². The van der Waals surface area contributed by atoms with Crippen LogP contribution in [0.2, 0.25) is 0 Å². The fourth-order valence-electron chi connectivity index (χ4n) is 2.81. The zero-order chi connectivity index (χ0) is 10.1. The first-order valence-electron chi connectivity index (χ1n) is 5.33. The molecule has 1 amide bonds. The summed E-state index contributed by atoms with van der Waals surface area (Å²) in [7, 11) is 2.19. The molecular formula is C10H17ClN2O. The van der Waals surface area contributed by atoms with E-state index >= 15 is 0 Å². The number of hydrogen-bond acceptors (Lipinski definition) is 2. The number of fused-ring (bicyclic) bond motifs is 1. The van der Waals surface area contributed by atoms with Gasteiger partial charge in [0.25, 0.3) is 0 Å². The van der Waals surface area contributed by atoms with Crippen molar-refractivity contribution in [3.63, 3.8) is 0 Å². The van der Waals surface area contributed by atoms with Crippen LogP contribution in [0.3, 0.4) is 0 Å². The Morgan fingerprint density at radius 1 is 1.36 bits per heavy atom. The van der Waals surface area contributed by atoms with Crippen LogP contribution >= 0.6 is 11.6 Å². The second-order valence-corrected chi connectivity index (χ2v) is 4.76. The number of halogens is 1. The van der Waals surface area contributed by atoms with Gasteiger partial charge in [0.1, 0.15) is 0 Å². The summed E-state index contributed by atoms with van der Waals surface area (Å²) in [6.07, 6.45) is 3.58. The lowest BCUT2D eigenvalue weighted by atomic mass is 9.84. The van der Waals surface area contributed by atoms with E-state index in [0.717, 1.165) is 19.5 Å². The largest absolute Gasteiger partial charge is 0.329 e. The van der Waals surface area contributed by atoms with Gasteiger partial charge in [0, 0.05) is 19.1 Å². The van der Waals surface area contributed by atoms with Gasteiger partial charge < -0.3 is 9.80 Å². The molecule has 2 heterocycles. The Balaban J connectivity index is 1.99. The van der Waals surface area contributed by atoms with E-state index in [4.69, 9.17) is 11.6 Å². The fraction of sp³-hybridized carbons (Fsp3) is 0.900. The molecule has 2 aliphatic rings. The summed E-state index contributed by atoms with van der Waals surface area (Å²) in [5.41, 5.74) is 0. The summed E-state index contributed by atoms with van der Waals surface area (Å²) in [6.45, 7) is 2.89. The van der Waals surface area contributed by atoms with E-state index in [-0.39, 0.29) is 5.37 Å². The maximum absolute atomic E-state index is 11.0. The molecular weight excluding hydrogens is 200 g/mol. The Kier molecular flexibility index (Phi) is 2.98. The number of amides is 1. The van der Waals surface area contributed by atoms with Crippen molar-refractivity contribution < 1.29 is 4.79 Å². The van der Waals surface area contributed by atoms with Crippen LogP contribution in [-0.4, -0.2) is 47.9 Å². The standard InChI is InChI=1S/C10H17ClN2O/c1-12-5-2-3-8-7-13(10(11)14)6-4-9(8)12/h8-9H,2-7H2,1H3. The van der Waals surface area contributed by atoms with Gasteiger partial charge >= 0.3 is 5.37 Å². The van der Waals surface area contributed by atoms with Crippen molar-refractivity contribution in [2.45, 2.75) is 25.3 Å². The highest BCUT2D eigenvalue weighted by Crippen LogP contribution is 2.29. The zero-order valence-electron chi connectivity index (χ0n) is 8.58. The van der Waals surface area contributed by atoms with Crippen molar-refractivity contribution in [2.24, 2.45) is 5.92 Å². The quantitative estimate of drug-likeness (QED) is 0.455. The Morgan fingerprint density at radius 2 is 2.14 bits per heavy atom. The molecule has 0 N–H and O–H groups in total. The van der Waals surface area contributed by atoms with Gasteiger partial charge in [-0.15, -0.1) is 0 Å². The molecule has 2 rings (SSSR count). The van der Waals surface area contributed by atoms with Crippen LogP contribution in [0.5, 0.6) is 0 Å². The molecule has 0 saturated carbocycles. The molecule has 2 fully saturated rings. The van der Waals surface area contributed by atoms with Gasteiger partial charge in [0.05, 0.1) is 0 Å². The van der Waals surface area contributed by atoms with E-state index in [0.29, 0.717) is 12.0 Å². The molecule has 80 valence electrons. The summed E-state index contributed by atoms with van der Waals surface area (Å²) in [5, 5.41) is -0.281. The maximum Gasteiger partial charge on any atom is 0.316 e. The van der Waals surface area contributed by atoms with Crippen LogP contribution in [0.1, 0.15) is 19.3 Å². The normalized spacial score (nSPS) is 34.0. The minimum atomic E-state index is -0.281. The molecule has 2 atom stereocenters. The van der Waals surface area contributed by atoms with Crippen LogP contribution in [-0.2, 0) is 0 Å². The Hall–Kier alpha value is -0.280. The van der Waals surface area contributed by atoms with Crippen molar-refractivity contribution in [1.29, 1.82) is 0 Å². The highest BCUT2D eigenvalue weighted by Gasteiger charge is 2.35. The average Bonchev–Trinajstić information content (AvgIpc) is 2.17. The Bertz CT molecular complexity index is 234. The highest BCUT2D eigenvalue weighted by atomic mass is 35.5. The van der Waals surface area contributed by atoms with Crippen molar-refractivity contribution in [3.8, 4) is 0 Å².